The minimum Gasteiger partial charge on any atom is -0.310 e. The minimum atomic E-state index is 0.475. The number of fused-ring (bicyclic) bond motifs is 1. The predicted octanol–water partition coefficient (Wildman–Crippen LogP) is 5.32. The molecule has 20 heavy (non-hydrogen) atoms. The summed E-state index contributed by atoms with van der Waals surface area (Å²) in [7, 11) is 0. The summed E-state index contributed by atoms with van der Waals surface area (Å²) in [5, 5.41) is 6.47. The van der Waals surface area contributed by atoms with Gasteiger partial charge in [-0.15, -0.1) is 0 Å². The van der Waals surface area contributed by atoms with E-state index in [1.807, 2.05) is 0 Å². The van der Waals surface area contributed by atoms with E-state index >= 15 is 0 Å². The Balaban J connectivity index is 2.29. The van der Waals surface area contributed by atoms with E-state index in [1.165, 1.54) is 35.6 Å². The molecule has 0 spiro atoms. The average molecular weight is 269 g/mol. The lowest BCUT2D eigenvalue weighted by molar-refractivity contribution is 0.442. The van der Waals surface area contributed by atoms with Gasteiger partial charge in [0.15, 0.2) is 0 Å². The number of benzene rings is 2. The van der Waals surface area contributed by atoms with Crippen molar-refractivity contribution < 1.29 is 0 Å². The number of nitrogens with one attached hydrogen (secondary N) is 1. The topological polar surface area (TPSA) is 12.0 Å². The molecule has 1 N–H and O–H groups in total. The van der Waals surface area contributed by atoms with E-state index in [9.17, 15) is 0 Å². The average Bonchev–Trinajstić information content (AvgIpc) is 2.47. The zero-order chi connectivity index (χ0) is 14.4. The van der Waals surface area contributed by atoms with E-state index in [-0.39, 0.29) is 0 Å². The molecule has 0 aromatic heterocycles. The summed E-state index contributed by atoms with van der Waals surface area (Å²) in [6, 6.07) is 15.9. The maximum Gasteiger partial charge on any atom is 0.0326 e. The molecule has 0 aliphatic heterocycles. The Morgan fingerprint density at radius 1 is 0.950 bits per heavy atom. The van der Waals surface area contributed by atoms with Gasteiger partial charge in [0, 0.05) is 6.04 Å². The van der Waals surface area contributed by atoms with Gasteiger partial charge in [-0.2, -0.15) is 0 Å². The van der Waals surface area contributed by atoms with Crippen LogP contribution in [0.2, 0.25) is 0 Å². The third-order valence-corrected chi connectivity index (χ3v) is 3.87. The molecule has 0 amide bonds. The van der Waals surface area contributed by atoms with Crippen molar-refractivity contribution in [3.05, 3.63) is 48.0 Å². The SMILES string of the molecule is CCCNC(CCC(C)C)c1cccc2ccccc12. The largest absolute Gasteiger partial charge is 0.310 e. The van der Waals surface area contributed by atoms with Crippen molar-refractivity contribution in [3.8, 4) is 0 Å². The van der Waals surface area contributed by atoms with E-state index in [2.05, 4.69) is 68.6 Å². The van der Waals surface area contributed by atoms with Gasteiger partial charge in [0.25, 0.3) is 0 Å². The van der Waals surface area contributed by atoms with Gasteiger partial charge >= 0.3 is 0 Å². The highest BCUT2D eigenvalue weighted by Gasteiger charge is 2.13. The Morgan fingerprint density at radius 2 is 1.70 bits per heavy atom. The van der Waals surface area contributed by atoms with Gasteiger partial charge < -0.3 is 5.32 Å². The van der Waals surface area contributed by atoms with Crippen LogP contribution in [0.1, 0.15) is 51.6 Å². The molecule has 0 aliphatic rings. The first kappa shape index (κ1) is 15.1. The van der Waals surface area contributed by atoms with Crippen molar-refractivity contribution >= 4 is 10.8 Å². The molecule has 2 rings (SSSR count). The van der Waals surface area contributed by atoms with Crippen LogP contribution < -0.4 is 5.32 Å². The highest BCUT2D eigenvalue weighted by molar-refractivity contribution is 5.86. The molecule has 0 aliphatic carbocycles. The minimum absolute atomic E-state index is 0.475. The van der Waals surface area contributed by atoms with Crippen LogP contribution in [0, 0.1) is 5.92 Å². The van der Waals surface area contributed by atoms with Crippen LogP contribution in [0.4, 0.5) is 0 Å². The lowest BCUT2D eigenvalue weighted by Gasteiger charge is -2.21. The fourth-order valence-electron chi connectivity index (χ4n) is 2.74. The highest BCUT2D eigenvalue weighted by Crippen LogP contribution is 2.28. The molecule has 1 nitrogen and oxygen atoms in total. The maximum atomic E-state index is 3.73. The van der Waals surface area contributed by atoms with E-state index in [0.29, 0.717) is 6.04 Å². The van der Waals surface area contributed by atoms with Crippen LogP contribution in [0.25, 0.3) is 10.8 Å². The molecule has 1 heteroatoms. The Kier molecular flexibility index (Phi) is 5.60. The smallest absolute Gasteiger partial charge is 0.0326 e. The summed E-state index contributed by atoms with van der Waals surface area (Å²) < 4.78 is 0. The van der Waals surface area contributed by atoms with Gasteiger partial charge in [-0.3, -0.25) is 0 Å². The highest BCUT2D eigenvalue weighted by atomic mass is 14.9. The second-order valence-electron chi connectivity index (χ2n) is 6.05. The second kappa shape index (κ2) is 7.44. The Labute approximate surface area is 123 Å². The fourth-order valence-corrected chi connectivity index (χ4v) is 2.74. The molecule has 0 saturated carbocycles. The summed E-state index contributed by atoms with van der Waals surface area (Å²) in [6.45, 7) is 7.93. The van der Waals surface area contributed by atoms with E-state index in [4.69, 9.17) is 0 Å². The first-order chi connectivity index (χ1) is 9.72. The molecule has 1 atom stereocenters. The van der Waals surface area contributed by atoms with Gasteiger partial charge in [-0.25, -0.2) is 0 Å². The summed E-state index contributed by atoms with van der Waals surface area (Å²) in [6.07, 6.45) is 3.67. The molecule has 0 radical (unpaired) electrons. The van der Waals surface area contributed by atoms with Gasteiger partial charge in [0.1, 0.15) is 0 Å². The van der Waals surface area contributed by atoms with Crippen molar-refractivity contribution in [1.29, 1.82) is 0 Å². The summed E-state index contributed by atoms with van der Waals surface area (Å²) in [4.78, 5) is 0. The van der Waals surface area contributed by atoms with Crippen molar-refractivity contribution in [3.63, 3.8) is 0 Å². The Hall–Kier alpha value is -1.34. The molecule has 0 heterocycles. The fraction of sp³-hybridized carbons (Fsp3) is 0.474. The standard InChI is InChI=1S/C19H27N/c1-4-14-20-19(13-12-15(2)3)18-11-7-9-16-8-5-6-10-17(16)18/h5-11,15,19-20H,4,12-14H2,1-3H3. The van der Waals surface area contributed by atoms with Crippen molar-refractivity contribution in [1.82, 2.24) is 5.32 Å². The molecule has 0 bridgehead atoms. The van der Waals surface area contributed by atoms with Crippen LogP contribution in [0.3, 0.4) is 0 Å². The second-order valence-corrected chi connectivity index (χ2v) is 6.05. The quantitative estimate of drug-likeness (QED) is 0.717. The van der Waals surface area contributed by atoms with Gasteiger partial charge in [-0.05, 0) is 48.1 Å². The maximum absolute atomic E-state index is 3.73. The third-order valence-electron chi connectivity index (χ3n) is 3.87. The summed E-state index contributed by atoms with van der Waals surface area (Å²) in [5.74, 6) is 0.760. The lowest BCUT2D eigenvalue weighted by atomic mass is 9.93. The number of hydrogen-bond donors (Lipinski definition) is 1. The zero-order valence-electron chi connectivity index (χ0n) is 13.0. The van der Waals surface area contributed by atoms with Crippen LogP contribution in [-0.4, -0.2) is 6.54 Å². The monoisotopic (exact) mass is 269 g/mol. The van der Waals surface area contributed by atoms with Crippen LogP contribution in [0.15, 0.2) is 42.5 Å². The van der Waals surface area contributed by atoms with Gasteiger partial charge in [-0.1, -0.05) is 63.2 Å². The van der Waals surface area contributed by atoms with Gasteiger partial charge in [0.05, 0.1) is 0 Å². The summed E-state index contributed by atoms with van der Waals surface area (Å²) >= 11 is 0. The molecular weight excluding hydrogens is 242 g/mol. The van der Waals surface area contributed by atoms with E-state index < -0.39 is 0 Å². The molecule has 2 aromatic carbocycles. The number of hydrogen-bond acceptors (Lipinski definition) is 1. The first-order valence-electron chi connectivity index (χ1n) is 7.93. The van der Waals surface area contributed by atoms with Crippen LogP contribution >= 0.6 is 0 Å². The molecule has 0 saturated heterocycles. The predicted molar refractivity (Wildman–Crippen MR) is 89.1 cm³/mol. The molecule has 0 fully saturated rings. The number of rotatable bonds is 7. The Morgan fingerprint density at radius 3 is 2.45 bits per heavy atom. The first-order valence-corrected chi connectivity index (χ1v) is 7.93. The van der Waals surface area contributed by atoms with E-state index in [1.54, 1.807) is 0 Å². The van der Waals surface area contributed by atoms with E-state index in [0.717, 1.165) is 12.5 Å². The van der Waals surface area contributed by atoms with Gasteiger partial charge in [0.2, 0.25) is 0 Å². The van der Waals surface area contributed by atoms with Crippen molar-refractivity contribution in [2.24, 2.45) is 5.92 Å². The lowest BCUT2D eigenvalue weighted by Crippen LogP contribution is -2.22. The molecule has 108 valence electrons. The Bertz CT molecular complexity index is 525. The zero-order valence-corrected chi connectivity index (χ0v) is 13.0. The molecular formula is C19H27N. The van der Waals surface area contributed by atoms with Crippen LogP contribution in [-0.2, 0) is 0 Å². The normalized spacial score (nSPS) is 13.0. The third kappa shape index (κ3) is 3.83. The van der Waals surface area contributed by atoms with Crippen LogP contribution in [0.5, 0.6) is 0 Å². The van der Waals surface area contributed by atoms with Crippen molar-refractivity contribution in [2.75, 3.05) is 6.54 Å². The van der Waals surface area contributed by atoms with Crippen molar-refractivity contribution in [2.45, 2.75) is 46.1 Å². The molecule has 2 aromatic rings. The summed E-state index contributed by atoms with van der Waals surface area (Å²) in [5.41, 5.74) is 1.46. The molecule has 1 unspecified atom stereocenters.